The topological polar surface area (TPSA) is 80.3 Å². The zero-order valence-electron chi connectivity index (χ0n) is 15.7. The van der Waals surface area contributed by atoms with Crippen LogP contribution in [0.5, 0.6) is 0 Å². The van der Waals surface area contributed by atoms with Crippen LogP contribution < -0.4 is 10.6 Å². The number of esters is 1. The third-order valence-corrected chi connectivity index (χ3v) is 4.18. The number of nitrogens with one attached hydrogen (secondary N) is 2. The average molecular weight is 375 g/mol. The van der Waals surface area contributed by atoms with Crippen molar-refractivity contribution in [2.24, 2.45) is 0 Å². The van der Waals surface area contributed by atoms with Crippen LogP contribution in [0.15, 0.2) is 66.9 Å². The molecule has 0 atom stereocenters. The van der Waals surface area contributed by atoms with E-state index in [-0.39, 0.29) is 11.6 Å². The summed E-state index contributed by atoms with van der Waals surface area (Å²) in [6.45, 7) is 2.44. The lowest BCUT2D eigenvalue weighted by atomic mass is 10.1. The lowest BCUT2D eigenvalue weighted by molar-refractivity contribution is 0.0601. The molecule has 1 amide bonds. The molecule has 2 aromatic carbocycles. The Hall–Kier alpha value is -3.67. The predicted octanol–water partition coefficient (Wildman–Crippen LogP) is 3.85. The van der Waals surface area contributed by atoms with Gasteiger partial charge in [0.05, 0.1) is 18.4 Å². The lowest BCUT2D eigenvalue weighted by Crippen LogP contribution is -2.23. The van der Waals surface area contributed by atoms with Gasteiger partial charge >= 0.3 is 5.97 Å². The molecule has 0 aliphatic heterocycles. The molecule has 142 valence electrons. The van der Waals surface area contributed by atoms with Crippen LogP contribution in [0.2, 0.25) is 0 Å². The van der Waals surface area contributed by atoms with Crippen molar-refractivity contribution in [3.63, 3.8) is 0 Å². The highest BCUT2D eigenvalue weighted by Gasteiger charge is 2.12. The van der Waals surface area contributed by atoms with Gasteiger partial charge in [-0.15, -0.1) is 0 Å². The van der Waals surface area contributed by atoms with E-state index in [1.165, 1.54) is 12.7 Å². The standard InChI is InChI=1S/C22H21N3O3/c1-15-7-9-16(10-8-15)14-24-21(26)20-13-17(11-12-23-20)25-19-6-4-3-5-18(19)22(27)28-2/h3-13H,14H2,1-2H3,(H,23,25)(H,24,26). The highest BCUT2D eigenvalue weighted by atomic mass is 16.5. The molecule has 0 spiro atoms. The van der Waals surface area contributed by atoms with Gasteiger partial charge in [0, 0.05) is 18.4 Å². The van der Waals surface area contributed by atoms with Crippen LogP contribution in [0.1, 0.15) is 32.0 Å². The molecular formula is C22H21N3O3. The summed E-state index contributed by atoms with van der Waals surface area (Å²) < 4.78 is 4.80. The number of anilines is 2. The molecule has 6 nitrogen and oxygen atoms in total. The number of hydrogen-bond acceptors (Lipinski definition) is 5. The molecular weight excluding hydrogens is 354 g/mol. The first-order valence-corrected chi connectivity index (χ1v) is 8.81. The fourth-order valence-electron chi connectivity index (χ4n) is 2.65. The predicted molar refractivity (Wildman–Crippen MR) is 108 cm³/mol. The van der Waals surface area contributed by atoms with Crippen LogP contribution >= 0.6 is 0 Å². The van der Waals surface area contributed by atoms with Crippen molar-refractivity contribution in [1.29, 1.82) is 0 Å². The van der Waals surface area contributed by atoms with Crippen molar-refractivity contribution in [3.05, 3.63) is 89.2 Å². The smallest absolute Gasteiger partial charge is 0.339 e. The maximum atomic E-state index is 12.4. The Bertz CT molecular complexity index is 984. The molecule has 0 aliphatic rings. The molecule has 3 aromatic rings. The number of amides is 1. The van der Waals surface area contributed by atoms with Crippen molar-refractivity contribution in [2.75, 3.05) is 12.4 Å². The minimum atomic E-state index is -0.437. The summed E-state index contributed by atoms with van der Waals surface area (Å²) in [6, 6.07) is 18.3. The number of para-hydroxylation sites is 1. The van der Waals surface area contributed by atoms with Crippen molar-refractivity contribution < 1.29 is 14.3 Å². The maximum absolute atomic E-state index is 12.4. The molecule has 0 saturated heterocycles. The highest BCUT2D eigenvalue weighted by Crippen LogP contribution is 2.21. The number of aromatic nitrogens is 1. The molecule has 1 aromatic heterocycles. The van der Waals surface area contributed by atoms with Gasteiger partial charge in [0.1, 0.15) is 5.69 Å². The van der Waals surface area contributed by atoms with Crippen molar-refractivity contribution in [3.8, 4) is 0 Å². The minimum Gasteiger partial charge on any atom is -0.465 e. The Labute approximate surface area is 163 Å². The number of rotatable bonds is 6. The molecule has 0 saturated carbocycles. The van der Waals surface area contributed by atoms with Crippen LogP contribution in [-0.4, -0.2) is 24.0 Å². The van der Waals surface area contributed by atoms with Crippen molar-refractivity contribution in [2.45, 2.75) is 13.5 Å². The third-order valence-electron chi connectivity index (χ3n) is 4.18. The largest absolute Gasteiger partial charge is 0.465 e. The third kappa shape index (κ3) is 4.73. The molecule has 1 heterocycles. The number of pyridine rings is 1. The van der Waals surface area contributed by atoms with Crippen LogP contribution in [-0.2, 0) is 11.3 Å². The normalized spacial score (nSPS) is 10.2. The van der Waals surface area contributed by atoms with Gasteiger partial charge < -0.3 is 15.4 Å². The second-order valence-corrected chi connectivity index (χ2v) is 6.26. The van der Waals surface area contributed by atoms with Crippen molar-refractivity contribution in [1.82, 2.24) is 10.3 Å². The molecule has 28 heavy (non-hydrogen) atoms. The summed E-state index contributed by atoms with van der Waals surface area (Å²) in [4.78, 5) is 28.5. The van der Waals surface area contributed by atoms with E-state index in [1.807, 2.05) is 37.3 Å². The van der Waals surface area contributed by atoms with E-state index in [0.29, 0.717) is 23.5 Å². The fraction of sp³-hybridized carbons (Fsp3) is 0.136. The molecule has 0 unspecified atom stereocenters. The first-order valence-electron chi connectivity index (χ1n) is 8.81. The Kier molecular flexibility index (Phi) is 6.01. The van der Waals surface area contributed by atoms with Crippen molar-refractivity contribution >= 4 is 23.3 Å². The number of hydrogen-bond donors (Lipinski definition) is 2. The van der Waals surface area contributed by atoms with E-state index < -0.39 is 5.97 Å². The lowest BCUT2D eigenvalue weighted by Gasteiger charge is -2.11. The van der Waals surface area contributed by atoms with Gasteiger partial charge in [0.15, 0.2) is 0 Å². The van der Waals surface area contributed by atoms with E-state index in [4.69, 9.17) is 4.74 Å². The van der Waals surface area contributed by atoms with Gasteiger partial charge in [-0.1, -0.05) is 42.0 Å². The van der Waals surface area contributed by atoms with Gasteiger partial charge in [-0.25, -0.2) is 4.79 Å². The molecule has 0 fully saturated rings. The Morgan fingerprint density at radius 1 is 1.04 bits per heavy atom. The van der Waals surface area contributed by atoms with Crippen LogP contribution in [0, 0.1) is 6.92 Å². The Morgan fingerprint density at radius 2 is 1.79 bits per heavy atom. The number of carbonyl (C=O) groups excluding carboxylic acids is 2. The number of carbonyl (C=O) groups is 2. The second kappa shape index (κ2) is 8.81. The van der Waals surface area contributed by atoms with E-state index in [1.54, 1.807) is 36.5 Å². The SMILES string of the molecule is COC(=O)c1ccccc1Nc1ccnc(C(=O)NCc2ccc(C)cc2)c1. The van der Waals surface area contributed by atoms with Gasteiger partial charge in [-0.3, -0.25) is 9.78 Å². The first-order chi connectivity index (χ1) is 13.6. The zero-order valence-corrected chi connectivity index (χ0v) is 15.7. The van der Waals surface area contributed by atoms with Gasteiger partial charge in [0.2, 0.25) is 0 Å². The van der Waals surface area contributed by atoms with E-state index >= 15 is 0 Å². The summed E-state index contributed by atoms with van der Waals surface area (Å²) >= 11 is 0. The number of aryl methyl sites for hydroxylation is 1. The summed E-state index contributed by atoms with van der Waals surface area (Å²) in [7, 11) is 1.34. The second-order valence-electron chi connectivity index (χ2n) is 6.26. The van der Waals surface area contributed by atoms with Crippen LogP contribution in [0.4, 0.5) is 11.4 Å². The van der Waals surface area contributed by atoms with Gasteiger partial charge in [-0.05, 0) is 36.8 Å². The minimum absolute atomic E-state index is 0.273. The van der Waals surface area contributed by atoms with Gasteiger partial charge in [0.25, 0.3) is 5.91 Å². The highest BCUT2D eigenvalue weighted by molar-refractivity contribution is 5.97. The number of benzene rings is 2. The molecule has 6 heteroatoms. The monoisotopic (exact) mass is 375 g/mol. The molecule has 0 bridgehead atoms. The molecule has 0 radical (unpaired) electrons. The molecule has 0 aliphatic carbocycles. The van der Waals surface area contributed by atoms with Crippen LogP contribution in [0.25, 0.3) is 0 Å². The molecule has 2 N–H and O–H groups in total. The Morgan fingerprint density at radius 3 is 2.54 bits per heavy atom. The maximum Gasteiger partial charge on any atom is 0.339 e. The summed E-state index contributed by atoms with van der Waals surface area (Å²) in [5, 5.41) is 6.00. The van der Waals surface area contributed by atoms with E-state index in [9.17, 15) is 9.59 Å². The quantitative estimate of drug-likeness (QED) is 0.640. The summed E-state index contributed by atoms with van der Waals surface area (Å²) in [5.74, 6) is -0.710. The molecule has 3 rings (SSSR count). The summed E-state index contributed by atoms with van der Waals surface area (Å²) in [6.07, 6.45) is 1.55. The van der Waals surface area contributed by atoms with Gasteiger partial charge in [-0.2, -0.15) is 0 Å². The number of nitrogens with zero attached hydrogens (tertiary/aromatic N) is 1. The first kappa shape index (κ1) is 19.1. The van der Waals surface area contributed by atoms with Crippen LogP contribution in [0.3, 0.4) is 0 Å². The zero-order chi connectivity index (χ0) is 19.9. The summed E-state index contributed by atoms with van der Waals surface area (Å²) in [5.41, 5.74) is 4.11. The fourth-order valence-corrected chi connectivity index (χ4v) is 2.65. The number of methoxy groups -OCH3 is 1. The number of ether oxygens (including phenoxy) is 1. The Balaban J connectivity index is 1.71. The van der Waals surface area contributed by atoms with E-state index in [2.05, 4.69) is 15.6 Å². The average Bonchev–Trinajstić information content (AvgIpc) is 2.73. The van der Waals surface area contributed by atoms with E-state index in [0.717, 1.165) is 5.56 Å².